The minimum absolute atomic E-state index is 0.221. The van der Waals surface area contributed by atoms with Gasteiger partial charge >= 0.3 is 0 Å². The molecule has 1 heterocycles. The number of sulfonamides is 1. The molecule has 9 nitrogen and oxygen atoms in total. The highest BCUT2D eigenvalue weighted by molar-refractivity contribution is 7.92. The number of aromatic nitrogens is 2. The van der Waals surface area contributed by atoms with Crippen molar-refractivity contribution in [3.05, 3.63) is 78.4 Å². The first kappa shape index (κ1) is 22.0. The number of nitrogens with one attached hydrogen (secondary N) is 2. The first-order valence-corrected chi connectivity index (χ1v) is 11.7. The van der Waals surface area contributed by atoms with Crippen molar-refractivity contribution in [2.75, 3.05) is 23.4 Å². The van der Waals surface area contributed by atoms with Gasteiger partial charge in [-0.1, -0.05) is 18.2 Å². The Hall–Kier alpha value is -4.18. The molecule has 0 saturated heterocycles. The number of carbonyl (C=O) groups excluding carboxylic acids is 1. The largest absolute Gasteiger partial charge is 0.495 e. The number of carbonyl (C=O) groups is 1. The number of hydrogen-bond acceptors (Lipinski definition) is 7. The first-order chi connectivity index (χ1) is 15.8. The van der Waals surface area contributed by atoms with Gasteiger partial charge in [-0.15, -0.1) is 10.2 Å². The Morgan fingerprint density at radius 2 is 1.55 bits per heavy atom. The van der Waals surface area contributed by atoms with E-state index in [2.05, 4.69) is 20.2 Å². The predicted octanol–water partition coefficient (Wildman–Crippen LogP) is 4.04. The minimum Gasteiger partial charge on any atom is -0.495 e. The van der Waals surface area contributed by atoms with Crippen molar-refractivity contribution in [1.29, 1.82) is 0 Å². The zero-order valence-electron chi connectivity index (χ0n) is 17.8. The molecule has 0 unspecified atom stereocenters. The molecule has 1 amide bonds. The van der Waals surface area contributed by atoms with Crippen molar-refractivity contribution in [1.82, 2.24) is 10.2 Å². The lowest BCUT2D eigenvalue weighted by Crippen LogP contribution is -2.13. The highest BCUT2D eigenvalue weighted by atomic mass is 32.2. The SMILES string of the molecule is COc1ccc(NC(=O)c2ccc(-c3nnc(-c4ccccc4)o3)cc2)cc1NS(C)(=O)=O. The van der Waals surface area contributed by atoms with Crippen LogP contribution in [0.4, 0.5) is 11.4 Å². The van der Waals surface area contributed by atoms with Crippen LogP contribution in [0, 0.1) is 0 Å². The van der Waals surface area contributed by atoms with Crippen LogP contribution in [0.25, 0.3) is 22.9 Å². The Labute approximate surface area is 190 Å². The highest BCUT2D eigenvalue weighted by Crippen LogP contribution is 2.29. The number of anilines is 2. The Kier molecular flexibility index (Phi) is 6.09. The molecule has 168 valence electrons. The third-order valence-corrected chi connectivity index (χ3v) is 5.18. The molecule has 1 aromatic heterocycles. The molecule has 4 aromatic rings. The molecule has 0 radical (unpaired) electrons. The lowest BCUT2D eigenvalue weighted by molar-refractivity contribution is 0.102. The number of ether oxygens (including phenoxy) is 1. The first-order valence-electron chi connectivity index (χ1n) is 9.79. The van der Waals surface area contributed by atoms with Crippen molar-refractivity contribution in [3.63, 3.8) is 0 Å². The molecule has 0 fully saturated rings. The third-order valence-electron chi connectivity index (χ3n) is 4.59. The summed E-state index contributed by atoms with van der Waals surface area (Å²) in [5, 5.41) is 10.9. The molecule has 3 aromatic carbocycles. The average molecular weight is 465 g/mol. The number of benzene rings is 3. The van der Waals surface area contributed by atoms with Gasteiger partial charge in [0.25, 0.3) is 5.91 Å². The van der Waals surface area contributed by atoms with Crippen LogP contribution in [0.3, 0.4) is 0 Å². The van der Waals surface area contributed by atoms with Crippen LogP contribution in [0.2, 0.25) is 0 Å². The molecular formula is C23H20N4O5S. The lowest BCUT2D eigenvalue weighted by atomic mass is 10.1. The Morgan fingerprint density at radius 1 is 0.909 bits per heavy atom. The van der Waals surface area contributed by atoms with Crippen molar-refractivity contribution in [3.8, 4) is 28.7 Å². The fraction of sp³-hybridized carbons (Fsp3) is 0.0870. The molecular weight excluding hydrogens is 444 g/mol. The highest BCUT2D eigenvalue weighted by Gasteiger charge is 2.14. The van der Waals surface area contributed by atoms with Crippen LogP contribution in [0.5, 0.6) is 5.75 Å². The molecule has 0 aliphatic rings. The van der Waals surface area contributed by atoms with E-state index in [0.717, 1.165) is 11.8 Å². The Bertz CT molecular complexity index is 1380. The van der Waals surface area contributed by atoms with E-state index in [-0.39, 0.29) is 11.6 Å². The summed E-state index contributed by atoms with van der Waals surface area (Å²) in [4.78, 5) is 12.7. The van der Waals surface area contributed by atoms with Gasteiger partial charge in [-0.3, -0.25) is 9.52 Å². The number of nitrogens with zero attached hydrogens (tertiary/aromatic N) is 2. The predicted molar refractivity (Wildman–Crippen MR) is 125 cm³/mol. The van der Waals surface area contributed by atoms with Crippen molar-refractivity contribution >= 4 is 27.3 Å². The lowest BCUT2D eigenvalue weighted by Gasteiger charge is -2.12. The fourth-order valence-electron chi connectivity index (χ4n) is 3.07. The smallest absolute Gasteiger partial charge is 0.255 e. The standard InChI is InChI=1S/C23H20N4O5S/c1-31-20-13-12-18(14-19(20)27-33(2,29)30)24-21(28)15-8-10-17(11-9-15)23-26-25-22(32-23)16-6-4-3-5-7-16/h3-14,27H,1-2H3,(H,24,28). The summed E-state index contributed by atoms with van der Waals surface area (Å²) in [6, 6.07) is 20.8. The normalized spacial score (nSPS) is 11.1. The summed E-state index contributed by atoms with van der Waals surface area (Å²) in [5.74, 6) is 0.711. The zero-order chi connectivity index (χ0) is 23.4. The van der Waals surface area contributed by atoms with Crippen LogP contribution in [-0.4, -0.2) is 37.9 Å². The average Bonchev–Trinajstić information content (AvgIpc) is 3.29. The Balaban J connectivity index is 1.49. The molecule has 0 saturated carbocycles. The van der Waals surface area contributed by atoms with Gasteiger partial charge in [-0.2, -0.15) is 0 Å². The summed E-state index contributed by atoms with van der Waals surface area (Å²) < 4.78 is 36.4. The van der Waals surface area contributed by atoms with E-state index in [9.17, 15) is 13.2 Å². The molecule has 0 atom stereocenters. The molecule has 0 bridgehead atoms. The number of hydrogen-bond donors (Lipinski definition) is 2. The van der Waals surface area contributed by atoms with E-state index in [1.54, 1.807) is 36.4 Å². The van der Waals surface area contributed by atoms with Crippen molar-refractivity contribution in [2.45, 2.75) is 0 Å². The van der Waals surface area contributed by atoms with Gasteiger partial charge in [0, 0.05) is 22.4 Å². The van der Waals surface area contributed by atoms with Crippen molar-refractivity contribution < 1.29 is 22.4 Å². The molecule has 0 spiro atoms. The minimum atomic E-state index is -3.52. The van der Waals surface area contributed by atoms with E-state index in [1.165, 1.54) is 13.2 Å². The van der Waals surface area contributed by atoms with Crippen LogP contribution >= 0.6 is 0 Å². The summed E-state index contributed by atoms with van der Waals surface area (Å²) in [6.07, 6.45) is 1.03. The number of methoxy groups -OCH3 is 1. The Morgan fingerprint density at radius 3 is 2.15 bits per heavy atom. The van der Waals surface area contributed by atoms with Crippen LogP contribution in [0.15, 0.2) is 77.2 Å². The topological polar surface area (TPSA) is 123 Å². The number of rotatable bonds is 7. The van der Waals surface area contributed by atoms with E-state index in [4.69, 9.17) is 9.15 Å². The monoisotopic (exact) mass is 464 g/mol. The van der Waals surface area contributed by atoms with Crippen molar-refractivity contribution in [2.24, 2.45) is 0 Å². The maximum absolute atomic E-state index is 12.7. The van der Waals surface area contributed by atoms with Gasteiger partial charge in [-0.25, -0.2) is 8.42 Å². The fourth-order valence-corrected chi connectivity index (χ4v) is 3.63. The zero-order valence-corrected chi connectivity index (χ0v) is 18.6. The van der Waals surface area contributed by atoms with Gasteiger partial charge in [0.1, 0.15) is 5.75 Å². The molecule has 10 heteroatoms. The van der Waals surface area contributed by atoms with Gasteiger partial charge < -0.3 is 14.5 Å². The summed E-state index contributed by atoms with van der Waals surface area (Å²) in [6.45, 7) is 0. The number of amides is 1. The van der Waals surface area contributed by atoms with Crippen LogP contribution < -0.4 is 14.8 Å². The summed E-state index contributed by atoms with van der Waals surface area (Å²) in [5.41, 5.74) is 2.51. The van der Waals surface area contributed by atoms with Crippen LogP contribution in [0.1, 0.15) is 10.4 Å². The van der Waals surface area contributed by atoms with Gasteiger partial charge in [0.2, 0.25) is 21.8 Å². The molecule has 4 rings (SSSR count). The maximum atomic E-state index is 12.7. The van der Waals surface area contributed by atoms with E-state index in [1.807, 2.05) is 30.3 Å². The second-order valence-corrected chi connectivity index (χ2v) is 8.85. The molecule has 2 N–H and O–H groups in total. The van der Waals surface area contributed by atoms with Gasteiger partial charge in [0.05, 0.1) is 19.1 Å². The van der Waals surface area contributed by atoms with Gasteiger partial charge in [-0.05, 0) is 54.6 Å². The van der Waals surface area contributed by atoms with E-state index < -0.39 is 10.0 Å². The third kappa shape index (κ3) is 5.36. The molecule has 0 aliphatic carbocycles. The molecule has 0 aliphatic heterocycles. The maximum Gasteiger partial charge on any atom is 0.255 e. The van der Waals surface area contributed by atoms with Gasteiger partial charge in [0.15, 0.2) is 0 Å². The summed E-state index contributed by atoms with van der Waals surface area (Å²) in [7, 11) is -2.09. The quantitative estimate of drug-likeness (QED) is 0.423. The van der Waals surface area contributed by atoms with Crippen LogP contribution in [-0.2, 0) is 10.0 Å². The molecule has 33 heavy (non-hydrogen) atoms. The second kappa shape index (κ2) is 9.13. The second-order valence-electron chi connectivity index (χ2n) is 7.10. The summed E-state index contributed by atoms with van der Waals surface area (Å²) >= 11 is 0. The van der Waals surface area contributed by atoms with E-state index in [0.29, 0.717) is 34.3 Å². The van der Waals surface area contributed by atoms with E-state index >= 15 is 0 Å².